The van der Waals surface area contributed by atoms with Crippen molar-refractivity contribution in [1.82, 2.24) is 9.97 Å². The fourth-order valence-corrected chi connectivity index (χ4v) is 3.13. The largest absolute Gasteiger partial charge is 0.399 e. The number of aromatic amines is 1. The molecule has 0 aliphatic heterocycles. The molecular formula is C17H12BrN3. The molecule has 0 saturated heterocycles. The molecule has 3 nitrogen and oxygen atoms in total. The molecule has 4 heteroatoms. The molecule has 0 aliphatic rings. The molecule has 3 aromatic carbocycles. The Kier molecular flexibility index (Phi) is 2.72. The molecule has 0 amide bonds. The Morgan fingerprint density at radius 1 is 0.952 bits per heavy atom. The van der Waals surface area contributed by atoms with Gasteiger partial charge in [-0.05, 0) is 35.0 Å². The molecule has 0 spiro atoms. The van der Waals surface area contributed by atoms with Gasteiger partial charge < -0.3 is 10.7 Å². The van der Waals surface area contributed by atoms with Crippen molar-refractivity contribution in [3.8, 4) is 11.4 Å². The number of benzene rings is 3. The maximum Gasteiger partial charge on any atom is 0.139 e. The van der Waals surface area contributed by atoms with Gasteiger partial charge in [0.25, 0.3) is 0 Å². The Hall–Kier alpha value is -2.33. The summed E-state index contributed by atoms with van der Waals surface area (Å²) in [4.78, 5) is 8.04. The molecule has 3 N–H and O–H groups in total. The van der Waals surface area contributed by atoms with Gasteiger partial charge in [-0.15, -0.1) is 0 Å². The van der Waals surface area contributed by atoms with Gasteiger partial charge in [-0.1, -0.05) is 46.3 Å². The van der Waals surface area contributed by atoms with Crippen molar-refractivity contribution in [2.45, 2.75) is 0 Å². The van der Waals surface area contributed by atoms with Gasteiger partial charge in [0, 0.05) is 15.7 Å². The number of hydrogen-bond donors (Lipinski definition) is 2. The lowest BCUT2D eigenvalue weighted by atomic mass is 10.0. The third-order valence-corrected chi connectivity index (χ3v) is 4.32. The van der Waals surface area contributed by atoms with Crippen molar-refractivity contribution in [3.05, 3.63) is 59.1 Å². The summed E-state index contributed by atoms with van der Waals surface area (Å²) in [5.41, 5.74) is 9.53. The zero-order valence-corrected chi connectivity index (χ0v) is 12.7. The standard InChI is InChI=1S/C17H12BrN3/c18-14-6-2-3-11-12(14)4-1-5-13(11)17-20-15-8-7-10(19)9-16(15)21-17/h1-9H,19H2,(H,20,21). The number of rotatable bonds is 1. The highest BCUT2D eigenvalue weighted by Gasteiger charge is 2.10. The summed E-state index contributed by atoms with van der Waals surface area (Å²) < 4.78 is 1.09. The van der Waals surface area contributed by atoms with Crippen LogP contribution in [0.2, 0.25) is 0 Å². The minimum Gasteiger partial charge on any atom is -0.399 e. The second-order valence-corrected chi connectivity index (χ2v) is 5.86. The summed E-state index contributed by atoms with van der Waals surface area (Å²) in [6.45, 7) is 0. The summed E-state index contributed by atoms with van der Waals surface area (Å²) >= 11 is 3.60. The number of nitrogens with one attached hydrogen (secondary N) is 1. The average Bonchev–Trinajstić information content (AvgIpc) is 2.90. The van der Waals surface area contributed by atoms with Gasteiger partial charge in [-0.3, -0.25) is 0 Å². The van der Waals surface area contributed by atoms with E-state index in [4.69, 9.17) is 5.73 Å². The number of imidazole rings is 1. The zero-order valence-electron chi connectivity index (χ0n) is 11.1. The first kappa shape index (κ1) is 12.4. The minimum absolute atomic E-state index is 0.735. The third kappa shape index (κ3) is 1.99. The normalized spacial score (nSPS) is 11.3. The summed E-state index contributed by atoms with van der Waals surface area (Å²) in [6.07, 6.45) is 0. The highest BCUT2D eigenvalue weighted by atomic mass is 79.9. The van der Waals surface area contributed by atoms with E-state index in [1.54, 1.807) is 0 Å². The highest BCUT2D eigenvalue weighted by Crippen LogP contribution is 2.32. The Morgan fingerprint density at radius 3 is 2.67 bits per heavy atom. The van der Waals surface area contributed by atoms with Crippen LogP contribution in [0.25, 0.3) is 33.2 Å². The van der Waals surface area contributed by atoms with Gasteiger partial charge in [-0.2, -0.15) is 0 Å². The first-order valence-corrected chi connectivity index (χ1v) is 7.44. The molecule has 0 unspecified atom stereocenters. The van der Waals surface area contributed by atoms with Crippen LogP contribution < -0.4 is 5.73 Å². The quantitative estimate of drug-likeness (QED) is 0.493. The SMILES string of the molecule is Nc1ccc2nc(-c3cccc4c(Br)cccc34)[nH]c2c1. The van der Waals surface area contributed by atoms with E-state index < -0.39 is 0 Å². The van der Waals surface area contributed by atoms with Gasteiger partial charge in [0.05, 0.1) is 11.0 Å². The molecule has 21 heavy (non-hydrogen) atoms. The monoisotopic (exact) mass is 337 g/mol. The Bertz CT molecular complexity index is 972. The Balaban J connectivity index is 2.02. The number of nitrogens with zero attached hydrogens (tertiary/aromatic N) is 1. The van der Waals surface area contributed by atoms with Crippen LogP contribution in [-0.4, -0.2) is 9.97 Å². The fraction of sp³-hybridized carbons (Fsp3) is 0. The molecule has 0 bridgehead atoms. The van der Waals surface area contributed by atoms with E-state index in [0.717, 1.165) is 32.6 Å². The molecular weight excluding hydrogens is 326 g/mol. The lowest BCUT2D eigenvalue weighted by Crippen LogP contribution is -1.84. The van der Waals surface area contributed by atoms with E-state index in [1.807, 2.05) is 36.4 Å². The van der Waals surface area contributed by atoms with Gasteiger partial charge in [-0.25, -0.2) is 4.98 Å². The van der Waals surface area contributed by atoms with Crippen molar-refractivity contribution in [1.29, 1.82) is 0 Å². The molecule has 0 radical (unpaired) electrons. The van der Waals surface area contributed by atoms with Crippen LogP contribution in [0.15, 0.2) is 59.1 Å². The number of hydrogen-bond acceptors (Lipinski definition) is 2. The van der Waals surface area contributed by atoms with Crippen LogP contribution in [0, 0.1) is 0 Å². The number of nitrogens with two attached hydrogens (primary N) is 1. The number of halogens is 1. The molecule has 0 saturated carbocycles. The van der Waals surface area contributed by atoms with Crippen molar-refractivity contribution in [2.24, 2.45) is 0 Å². The van der Waals surface area contributed by atoms with Gasteiger partial charge in [0.15, 0.2) is 0 Å². The first-order valence-electron chi connectivity index (χ1n) is 6.65. The van der Waals surface area contributed by atoms with Gasteiger partial charge >= 0.3 is 0 Å². The van der Waals surface area contributed by atoms with Crippen molar-refractivity contribution >= 4 is 43.4 Å². The molecule has 0 fully saturated rings. The second kappa shape index (κ2) is 4.60. The summed E-state index contributed by atoms with van der Waals surface area (Å²) in [7, 11) is 0. The van der Waals surface area contributed by atoms with Crippen LogP contribution in [0.3, 0.4) is 0 Å². The molecule has 1 aromatic heterocycles. The maximum absolute atomic E-state index is 5.83. The molecule has 102 valence electrons. The lowest BCUT2D eigenvalue weighted by Gasteiger charge is -2.05. The van der Waals surface area contributed by atoms with E-state index in [1.165, 1.54) is 10.8 Å². The summed E-state index contributed by atoms with van der Waals surface area (Å²) in [5, 5.41) is 2.34. The van der Waals surface area contributed by atoms with Crippen LogP contribution in [0.1, 0.15) is 0 Å². The predicted octanol–water partition coefficient (Wildman–Crippen LogP) is 4.73. The van der Waals surface area contributed by atoms with Crippen molar-refractivity contribution < 1.29 is 0 Å². The van der Waals surface area contributed by atoms with E-state index in [9.17, 15) is 0 Å². The van der Waals surface area contributed by atoms with Crippen molar-refractivity contribution in [3.63, 3.8) is 0 Å². The predicted molar refractivity (Wildman–Crippen MR) is 91.1 cm³/mol. The van der Waals surface area contributed by atoms with E-state index >= 15 is 0 Å². The third-order valence-electron chi connectivity index (χ3n) is 3.63. The van der Waals surface area contributed by atoms with E-state index in [2.05, 4.69) is 44.1 Å². The lowest BCUT2D eigenvalue weighted by molar-refractivity contribution is 1.35. The molecule has 0 aliphatic carbocycles. The van der Waals surface area contributed by atoms with E-state index in [0.29, 0.717) is 0 Å². The highest BCUT2D eigenvalue weighted by molar-refractivity contribution is 9.10. The Morgan fingerprint density at radius 2 is 1.76 bits per heavy atom. The Labute approximate surface area is 129 Å². The number of anilines is 1. The average molecular weight is 338 g/mol. The minimum atomic E-state index is 0.735. The van der Waals surface area contributed by atoms with Crippen LogP contribution in [-0.2, 0) is 0 Å². The van der Waals surface area contributed by atoms with Gasteiger partial charge in [0.2, 0.25) is 0 Å². The van der Waals surface area contributed by atoms with E-state index in [-0.39, 0.29) is 0 Å². The van der Waals surface area contributed by atoms with Crippen LogP contribution in [0.4, 0.5) is 5.69 Å². The smallest absolute Gasteiger partial charge is 0.139 e. The number of fused-ring (bicyclic) bond motifs is 2. The molecule has 4 rings (SSSR count). The molecule has 1 heterocycles. The maximum atomic E-state index is 5.83. The molecule has 4 aromatic rings. The number of H-pyrrole nitrogens is 1. The topological polar surface area (TPSA) is 54.7 Å². The zero-order chi connectivity index (χ0) is 14.4. The number of aromatic nitrogens is 2. The first-order chi connectivity index (χ1) is 10.2. The number of nitrogen functional groups attached to an aromatic ring is 1. The van der Waals surface area contributed by atoms with Crippen LogP contribution in [0.5, 0.6) is 0 Å². The van der Waals surface area contributed by atoms with Crippen molar-refractivity contribution in [2.75, 3.05) is 5.73 Å². The van der Waals surface area contributed by atoms with Crippen LogP contribution >= 0.6 is 15.9 Å². The second-order valence-electron chi connectivity index (χ2n) is 5.00. The summed E-state index contributed by atoms with van der Waals surface area (Å²) in [6, 6.07) is 18.1. The fourth-order valence-electron chi connectivity index (χ4n) is 2.63. The van der Waals surface area contributed by atoms with Gasteiger partial charge in [0.1, 0.15) is 5.82 Å². The summed E-state index contributed by atoms with van der Waals surface area (Å²) in [5.74, 6) is 0.860. The molecule has 0 atom stereocenters.